The van der Waals surface area contributed by atoms with Crippen LogP contribution in [0.3, 0.4) is 0 Å². The number of likely N-dealkylation sites (tertiary alicyclic amines) is 1. The molecule has 1 aliphatic heterocycles. The standard InChI is InChI=1S/C20H20N4O3/c1-26-17-7-3-2-6-16(17)20(25)24-11-8-14(9-12-24)18-22-19(27-23-18)15-5-4-10-21-13-15/h2-7,10,13-14H,8-9,11-12H2,1H3. The Kier molecular flexibility index (Phi) is 4.82. The molecule has 1 amide bonds. The van der Waals surface area contributed by atoms with Crippen molar-refractivity contribution in [3.05, 3.63) is 60.2 Å². The highest BCUT2D eigenvalue weighted by atomic mass is 16.5. The average Bonchev–Trinajstić information content (AvgIpc) is 3.24. The number of carbonyl (C=O) groups is 1. The first-order chi connectivity index (χ1) is 13.3. The van der Waals surface area contributed by atoms with E-state index >= 15 is 0 Å². The molecular weight excluding hydrogens is 344 g/mol. The van der Waals surface area contributed by atoms with Crippen molar-refractivity contribution in [1.82, 2.24) is 20.0 Å². The largest absolute Gasteiger partial charge is 0.496 e. The Hall–Kier alpha value is -3.22. The molecule has 0 saturated carbocycles. The summed E-state index contributed by atoms with van der Waals surface area (Å²) < 4.78 is 10.7. The van der Waals surface area contributed by atoms with Crippen LogP contribution in [0.1, 0.15) is 34.9 Å². The summed E-state index contributed by atoms with van der Waals surface area (Å²) in [6.07, 6.45) is 5.00. The number of hydrogen-bond donors (Lipinski definition) is 0. The third kappa shape index (κ3) is 3.53. The van der Waals surface area contributed by atoms with Gasteiger partial charge in [0.1, 0.15) is 5.75 Å². The van der Waals surface area contributed by atoms with Gasteiger partial charge in [0.2, 0.25) is 0 Å². The van der Waals surface area contributed by atoms with E-state index in [2.05, 4.69) is 15.1 Å². The number of piperidine rings is 1. The Balaban J connectivity index is 1.42. The number of para-hydroxylation sites is 1. The summed E-state index contributed by atoms with van der Waals surface area (Å²) in [7, 11) is 1.58. The van der Waals surface area contributed by atoms with Crippen molar-refractivity contribution in [2.45, 2.75) is 18.8 Å². The van der Waals surface area contributed by atoms with Crippen LogP contribution >= 0.6 is 0 Å². The molecule has 1 aliphatic rings. The molecule has 0 atom stereocenters. The number of nitrogens with zero attached hydrogens (tertiary/aromatic N) is 4. The zero-order valence-electron chi connectivity index (χ0n) is 15.0. The van der Waals surface area contributed by atoms with E-state index < -0.39 is 0 Å². The van der Waals surface area contributed by atoms with Gasteiger partial charge in [0.15, 0.2) is 5.82 Å². The SMILES string of the molecule is COc1ccccc1C(=O)N1CCC(c2noc(-c3cccnc3)n2)CC1. The van der Waals surface area contributed by atoms with Crippen molar-refractivity contribution in [3.63, 3.8) is 0 Å². The monoisotopic (exact) mass is 364 g/mol. The Bertz CT molecular complexity index is 918. The van der Waals surface area contributed by atoms with Crippen LogP contribution in [0, 0.1) is 0 Å². The van der Waals surface area contributed by atoms with E-state index in [4.69, 9.17) is 9.26 Å². The van der Waals surface area contributed by atoms with Crippen LogP contribution in [0.5, 0.6) is 5.75 Å². The van der Waals surface area contributed by atoms with Gasteiger partial charge in [-0.25, -0.2) is 0 Å². The quantitative estimate of drug-likeness (QED) is 0.707. The lowest BCUT2D eigenvalue weighted by Crippen LogP contribution is -2.38. The maximum Gasteiger partial charge on any atom is 0.259 e. The van der Waals surface area contributed by atoms with Crippen LogP contribution < -0.4 is 4.74 Å². The van der Waals surface area contributed by atoms with Gasteiger partial charge in [-0.2, -0.15) is 4.98 Å². The lowest BCUT2D eigenvalue weighted by Gasteiger charge is -2.31. The molecule has 7 heteroatoms. The second kappa shape index (κ2) is 7.57. The zero-order chi connectivity index (χ0) is 18.6. The predicted octanol–water partition coefficient (Wildman–Crippen LogP) is 3.16. The summed E-state index contributed by atoms with van der Waals surface area (Å²) in [6.45, 7) is 1.30. The van der Waals surface area contributed by atoms with Crippen molar-refractivity contribution in [1.29, 1.82) is 0 Å². The topological polar surface area (TPSA) is 81.4 Å². The van der Waals surface area contributed by atoms with Gasteiger partial charge in [0.25, 0.3) is 11.8 Å². The van der Waals surface area contributed by atoms with Gasteiger partial charge in [-0.05, 0) is 37.1 Å². The molecule has 0 unspecified atom stereocenters. The summed E-state index contributed by atoms with van der Waals surface area (Å²) in [4.78, 5) is 23.2. The highest BCUT2D eigenvalue weighted by Gasteiger charge is 2.28. The van der Waals surface area contributed by atoms with E-state index in [0.717, 1.165) is 18.4 Å². The number of aromatic nitrogens is 3. The van der Waals surface area contributed by atoms with Gasteiger partial charge >= 0.3 is 0 Å². The molecule has 1 saturated heterocycles. The smallest absolute Gasteiger partial charge is 0.259 e. The summed E-state index contributed by atoms with van der Waals surface area (Å²) in [6, 6.07) is 11.0. The lowest BCUT2D eigenvalue weighted by molar-refractivity contribution is 0.0707. The molecule has 138 valence electrons. The van der Waals surface area contributed by atoms with Gasteiger partial charge in [-0.3, -0.25) is 9.78 Å². The van der Waals surface area contributed by atoms with Crippen molar-refractivity contribution >= 4 is 5.91 Å². The molecule has 0 radical (unpaired) electrons. The minimum atomic E-state index is -0.00457. The maximum atomic E-state index is 12.8. The number of methoxy groups -OCH3 is 1. The minimum Gasteiger partial charge on any atom is -0.496 e. The number of amides is 1. The third-order valence-corrected chi connectivity index (χ3v) is 4.83. The van der Waals surface area contributed by atoms with Gasteiger partial charge in [0, 0.05) is 31.4 Å². The first-order valence-electron chi connectivity index (χ1n) is 8.92. The molecule has 0 N–H and O–H groups in total. The molecule has 1 fully saturated rings. The van der Waals surface area contributed by atoms with Crippen LogP contribution in [0.4, 0.5) is 0 Å². The average molecular weight is 364 g/mol. The molecule has 0 spiro atoms. The van der Waals surface area contributed by atoms with Crippen LogP contribution in [-0.4, -0.2) is 46.1 Å². The fraction of sp³-hybridized carbons (Fsp3) is 0.300. The molecule has 4 rings (SSSR count). The van der Waals surface area contributed by atoms with Crippen molar-refractivity contribution in [2.75, 3.05) is 20.2 Å². The summed E-state index contributed by atoms with van der Waals surface area (Å²) in [5, 5.41) is 4.13. The van der Waals surface area contributed by atoms with Crippen molar-refractivity contribution in [2.24, 2.45) is 0 Å². The molecule has 3 aromatic rings. The molecule has 2 aromatic heterocycles. The second-order valence-corrected chi connectivity index (χ2v) is 6.47. The van der Waals surface area contributed by atoms with Gasteiger partial charge in [-0.15, -0.1) is 0 Å². The van der Waals surface area contributed by atoms with Crippen molar-refractivity contribution < 1.29 is 14.1 Å². The van der Waals surface area contributed by atoms with Gasteiger partial charge in [-0.1, -0.05) is 17.3 Å². The number of carbonyl (C=O) groups excluding carboxylic acids is 1. The number of hydrogen-bond acceptors (Lipinski definition) is 6. The van der Waals surface area contributed by atoms with Crippen LogP contribution in [0.25, 0.3) is 11.5 Å². The highest BCUT2D eigenvalue weighted by Crippen LogP contribution is 2.29. The number of ether oxygens (including phenoxy) is 1. The summed E-state index contributed by atoms with van der Waals surface area (Å²) >= 11 is 0. The Morgan fingerprint density at radius 1 is 1.19 bits per heavy atom. The van der Waals surface area contributed by atoms with Crippen LogP contribution in [-0.2, 0) is 0 Å². The number of rotatable bonds is 4. The second-order valence-electron chi connectivity index (χ2n) is 6.47. The lowest BCUT2D eigenvalue weighted by atomic mass is 9.95. The molecule has 3 heterocycles. The van der Waals surface area contributed by atoms with Crippen LogP contribution in [0.2, 0.25) is 0 Å². The molecule has 1 aromatic carbocycles. The molecule has 0 aliphatic carbocycles. The van der Waals surface area contributed by atoms with E-state index in [1.165, 1.54) is 0 Å². The Labute approximate surface area is 157 Å². The van der Waals surface area contributed by atoms with Crippen LogP contribution in [0.15, 0.2) is 53.3 Å². The molecule has 0 bridgehead atoms. The summed E-state index contributed by atoms with van der Waals surface area (Å²) in [5.74, 6) is 1.95. The van der Waals surface area contributed by atoms with E-state index in [-0.39, 0.29) is 11.8 Å². The predicted molar refractivity (Wildman–Crippen MR) is 98.4 cm³/mol. The van der Waals surface area contributed by atoms with Crippen molar-refractivity contribution in [3.8, 4) is 17.2 Å². The highest BCUT2D eigenvalue weighted by molar-refractivity contribution is 5.97. The zero-order valence-corrected chi connectivity index (χ0v) is 15.0. The minimum absolute atomic E-state index is 0.00457. The maximum absolute atomic E-state index is 12.8. The van der Waals surface area contributed by atoms with E-state index in [0.29, 0.717) is 36.1 Å². The fourth-order valence-electron chi connectivity index (χ4n) is 3.34. The third-order valence-electron chi connectivity index (χ3n) is 4.83. The molecular formula is C20H20N4O3. The number of pyridine rings is 1. The first kappa shape index (κ1) is 17.2. The Morgan fingerprint density at radius 2 is 2.00 bits per heavy atom. The van der Waals surface area contributed by atoms with E-state index in [1.807, 2.05) is 29.2 Å². The molecule has 27 heavy (non-hydrogen) atoms. The van der Waals surface area contributed by atoms with Gasteiger partial charge < -0.3 is 14.2 Å². The van der Waals surface area contributed by atoms with Gasteiger partial charge in [0.05, 0.1) is 18.2 Å². The van der Waals surface area contributed by atoms with E-state index in [9.17, 15) is 4.79 Å². The first-order valence-corrected chi connectivity index (χ1v) is 8.92. The van der Waals surface area contributed by atoms with E-state index in [1.54, 1.807) is 31.6 Å². The Morgan fingerprint density at radius 3 is 2.74 bits per heavy atom. The summed E-state index contributed by atoms with van der Waals surface area (Å²) in [5.41, 5.74) is 1.40. The molecule has 7 nitrogen and oxygen atoms in total. The fourth-order valence-corrected chi connectivity index (χ4v) is 3.34. The normalized spacial score (nSPS) is 14.9. The number of benzene rings is 1.